The number of carbonyl (C=O) groups is 1. The van der Waals surface area contributed by atoms with E-state index in [1.807, 2.05) is 0 Å². The quantitative estimate of drug-likeness (QED) is 0.596. The van der Waals surface area contributed by atoms with Crippen LogP contribution in [-0.2, 0) is 32.5 Å². The summed E-state index contributed by atoms with van der Waals surface area (Å²) in [6.45, 7) is 4.09. The van der Waals surface area contributed by atoms with Crippen molar-refractivity contribution in [3.8, 4) is 0 Å². The first-order chi connectivity index (χ1) is 11.9. The van der Waals surface area contributed by atoms with Crippen LogP contribution in [-0.4, -0.2) is 95.2 Å². The highest BCUT2D eigenvalue weighted by Crippen LogP contribution is 2.17. The van der Waals surface area contributed by atoms with Crippen LogP contribution in [0.4, 0.5) is 0 Å². The Balaban J connectivity index is 1.51. The number of morpholine rings is 1. The third-order valence-corrected chi connectivity index (χ3v) is 6.51. The van der Waals surface area contributed by atoms with Gasteiger partial charge in [0.1, 0.15) is 0 Å². The molecule has 0 unspecified atom stereocenters. The van der Waals surface area contributed by atoms with E-state index in [9.17, 15) is 13.2 Å². The summed E-state index contributed by atoms with van der Waals surface area (Å²) in [5, 5.41) is 11.7. The summed E-state index contributed by atoms with van der Waals surface area (Å²) in [5.74, 6) is 0.852. The number of amides is 1. The minimum absolute atomic E-state index is 0.0579. The van der Waals surface area contributed by atoms with Crippen molar-refractivity contribution in [2.75, 3.05) is 44.9 Å². The molecule has 2 fully saturated rings. The molecule has 1 amide bonds. The van der Waals surface area contributed by atoms with Crippen molar-refractivity contribution in [1.82, 2.24) is 30.0 Å². The van der Waals surface area contributed by atoms with Gasteiger partial charge in [-0.1, -0.05) is 0 Å². The predicted octanol–water partition coefficient (Wildman–Crippen LogP) is -1.46. The largest absolute Gasteiger partial charge is 0.379 e. The zero-order chi connectivity index (χ0) is 17.9. The van der Waals surface area contributed by atoms with Crippen LogP contribution in [0.3, 0.4) is 0 Å². The van der Waals surface area contributed by atoms with E-state index in [1.165, 1.54) is 0 Å². The first-order valence-electron chi connectivity index (χ1n) is 8.46. The Morgan fingerprint density at radius 3 is 2.80 bits per heavy atom. The van der Waals surface area contributed by atoms with Gasteiger partial charge in [-0.25, -0.2) is 13.1 Å². The van der Waals surface area contributed by atoms with Crippen molar-refractivity contribution in [3.63, 3.8) is 0 Å². The lowest BCUT2D eigenvalue weighted by Crippen LogP contribution is -2.38. The summed E-state index contributed by atoms with van der Waals surface area (Å²) in [7, 11) is -1.33. The number of tetrazole rings is 1. The third-order valence-electron chi connectivity index (χ3n) is 4.76. The topological polar surface area (TPSA) is 111 Å². The summed E-state index contributed by atoms with van der Waals surface area (Å²) < 4.78 is 30.1. The Labute approximate surface area is 147 Å². The Morgan fingerprint density at radius 1 is 1.36 bits per heavy atom. The van der Waals surface area contributed by atoms with Crippen molar-refractivity contribution < 1.29 is 17.9 Å². The van der Waals surface area contributed by atoms with Crippen LogP contribution in [0.2, 0.25) is 0 Å². The molecule has 0 radical (unpaired) electrons. The molecule has 1 atom stereocenters. The van der Waals surface area contributed by atoms with Crippen molar-refractivity contribution in [3.05, 3.63) is 5.82 Å². The Morgan fingerprint density at radius 2 is 2.12 bits per heavy atom. The van der Waals surface area contributed by atoms with Gasteiger partial charge in [0.2, 0.25) is 5.91 Å². The van der Waals surface area contributed by atoms with Gasteiger partial charge in [0.05, 0.1) is 37.8 Å². The summed E-state index contributed by atoms with van der Waals surface area (Å²) >= 11 is 0. The maximum absolute atomic E-state index is 12.4. The fraction of sp³-hybridized carbons (Fsp3) is 0.857. The van der Waals surface area contributed by atoms with Gasteiger partial charge in [0.25, 0.3) is 0 Å². The van der Waals surface area contributed by atoms with Crippen LogP contribution in [0.1, 0.15) is 18.7 Å². The molecule has 140 valence electrons. The number of aromatic nitrogens is 4. The van der Waals surface area contributed by atoms with E-state index in [4.69, 9.17) is 4.74 Å². The molecule has 0 N–H and O–H groups in total. The third kappa shape index (κ3) is 4.73. The van der Waals surface area contributed by atoms with Crippen molar-refractivity contribution in [2.45, 2.75) is 32.0 Å². The van der Waals surface area contributed by atoms with Crippen LogP contribution in [0.25, 0.3) is 0 Å². The van der Waals surface area contributed by atoms with Crippen LogP contribution in [0.15, 0.2) is 0 Å². The van der Waals surface area contributed by atoms with E-state index >= 15 is 0 Å². The second-order valence-electron chi connectivity index (χ2n) is 6.52. The minimum Gasteiger partial charge on any atom is -0.379 e. The Hall–Kier alpha value is -1.59. The average molecular weight is 372 g/mol. The SMILES string of the molecule is CN(C(=O)CCn1nnnc1CN1CCOCC1)[C@H]1CCS(=O)(=O)C1. The highest BCUT2D eigenvalue weighted by Gasteiger charge is 2.32. The van der Waals surface area contributed by atoms with Crippen LogP contribution < -0.4 is 0 Å². The van der Waals surface area contributed by atoms with Gasteiger partial charge in [-0.15, -0.1) is 5.10 Å². The number of sulfone groups is 1. The zero-order valence-corrected chi connectivity index (χ0v) is 15.2. The van der Waals surface area contributed by atoms with Crippen molar-refractivity contribution in [1.29, 1.82) is 0 Å². The Bertz CT molecular complexity index is 700. The van der Waals surface area contributed by atoms with Gasteiger partial charge in [0.15, 0.2) is 15.7 Å². The number of hydrogen-bond donors (Lipinski definition) is 0. The number of hydrogen-bond acceptors (Lipinski definition) is 8. The molecule has 2 aliphatic rings. The second-order valence-corrected chi connectivity index (χ2v) is 8.75. The normalized spacial score (nSPS) is 23.6. The molecule has 0 aromatic carbocycles. The molecule has 1 aromatic rings. The van der Waals surface area contributed by atoms with E-state index < -0.39 is 9.84 Å². The molecule has 0 spiro atoms. The van der Waals surface area contributed by atoms with E-state index in [0.29, 0.717) is 32.7 Å². The molecule has 3 rings (SSSR count). The molecule has 0 saturated carbocycles. The number of aryl methyl sites for hydroxylation is 1. The molecule has 0 bridgehead atoms. The van der Waals surface area contributed by atoms with E-state index in [0.717, 1.165) is 18.9 Å². The van der Waals surface area contributed by atoms with Gasteiger partial charge in [-0.2, -0.15) is 0 Å². The maximum Gasteiger partial charge on any atom is 0.224 e. The lowest BCUT2D eigenvalue weighted by atomic mass is 10.2. The molecule has 11 heteroatoms. The summed E-state index contributed by atoms with van der Waals surface area (Å²) in [5.41, 5.74) is 0. The maximum atomic E-state index is 12.4. The van der Waals surface area contributed by atoms with Crippen LogP contribution >= 0.6 is 0 Å². The summed E-state index contributed by atoms with van der Waals surface area (Å²) in [6, 6.07) is -0.223. The molecule has 2 aliphatic heterocycles. The van der Waals surface area contributed by atoms with Crippen LogP contribution in [0, 0.1) is 0 Å². The first-order valence-corrected chi connectivity index (χ1v) is 10.3. The van der Waals surface area contributed by atoms with Crippen molar-refractivity contribution >= 4 is 15.7 Å². The highest BCUT2D eigenvalue weighted by atomic mass is 32.2. The van der Waals surface area contributed by atoms with Gasteiger partial charge in [0, 0.05) is 32.6 Å². The highest BCUT2D eigenvalue weighted by molar-refractivity contribution is 7.91. The predicted molar refractivity (Wildman–Crippen MR) is 88.4 cm³/mol. The summed E-state index contributed by atoms with van der Waals surface area (Å²) in [4.78, 5) is 16.1. The smallest absolute Gasteiger partial charge is 0.224 e. The van der Waals surface area contributed by atoms with Gasteiger partial charge in [-0.05, 0) is 16.8 Å². The molecule has 0 aliphatic carbocycles. The molecular formula is C14H24N6O4S. The number of ether oxygens (including phenoxy) is 1. The standard InChI is InChI=1S/C14H24N6O4S/c1-18(12-3-9-25(22,23)11-12)14(21)2-4-20-13(15-16-17-20)10-19-5-7-24-8-6-19/h12H,2-11H2,1H3/t12-/m0/s1. The van der Waals surface area contributed by atoms with Gasteiger partial charge < -0.3 is 9.64 Å². The minimum atomic E-state index is -3.00. The average Bonchev–Trinajstić information content (AvgIpc) is 3.18. The molecule has 10 nitrogen and oxygen atoms in total. The Kier molecular flexibility index (Phi) is 5.64. The molecular weight excluding hydrogens is 348 g/mol. The second kappa shape index (κ2) is 7.75. The van der Waals surface area contributed by atoms with E-state index in [-0.39, 0.29) is 29.9 Å². The van der Waals surface area contributed by atoms with Crippen LogP contribution in [0.5, 0.6) is 0 Å². The zero-order valence-electron chi connectivity index (χ0n) is 14.4. The molecule has 3 heterocycles. The lowest BCUT2D eigenvalue weighted by molar-refractivity contribution is -0.131. The van der Waals surface area contributed by atoms with E-state index in [1.54, 1.807) is 16.6 Å². The fourth-order valence-corrected chi connectivity index (χ4v) is 4.91. The number of rotatable bonds is 6. The van der Waals surface area contributed by atoms with Crippen molar-refractivity contribution in [2.24, 2.45) is 0 Å². The fourth-order valence-electron chi connectivity index (χ4n) is 3.13. The monoisotopic (exact) mass is 372 g/mol. The number of nitrogens with zero attached hydrogens (tertiary/aromatic N) is 6. The molecule has 25 heavy (non-hydrogen) atoms. The number of carbonyl (C=O) groups excluding carboxylic acids is 1. The first kappa shape index (κ1) is 18.2. The lowest BCUT2D eigenvalue weighted by Gasteiger charge is -2.26. The molecule has 1 aromatic heterocycles. The molecule has 2 saturated heterocycles. The van der Waals surface area contributed by atoms with Gasteiger partial charge >= 0.3 is 0 Å². The summed E-state index contributed by atoms with van der Waals surface area (Å²) in [6.07, 6.45) is 0.756. The van der Waals surface area contributed by atoms with Gasteiger partial charge in [-0.3, -0.25) is 9.69 Å². The van der Waals surface area contributed by atoms with E-state index in [2.05, 4.69) is 20.4 Å².